The van der Waals surface area contributed by atoms with Gasteiger partial charge in [-0.15, -0.1) is 0 Å². The molecule has 3 amide bonds. The number of aromatic nitrogens is 1. The molecule has 0 fully saturated rings. The molecule has 0 saturated carbocycles. The van der Waals surface area contributed by atoms with E-state index < -0.39 is 0 Å². The molecule has 1 aromatic heterocycles. The minimum Gasteiger partial charge on any atom is -0.360 e. The summed E-state index contributed by atoms with van der Waals surface area (Å²) in [6.07, 6.45) is 0.529. The fourth-order valence-corrected chi connectivity index (χ4v) is 3.52. The quantitative estimate of drug-likeness (QED) is 0.682. The van der Waals surface area contributed by atoms with Gasteiger partial charge < -0.3 is 20.1 Å². The first kappa shape index (κ1) is 19.7. The molecule has 0 spiro atoms. The molecule has 2 heterocycles. The maximum Gasteiger partial charge on any atom is 0.318 e. The molecule has 0 saturated heterocycles. The van der Waals surface area contributed by atoms with Gasteiger partial charge >= 0.3 is 6.03 Å². The van der Waals surface area contributed by atoms with Crippen LogP contribution in [0.3, 0.4) is 0 Å². The average Bonchev–Trinajstić information content (AvgIpc) is 3.22. The largest absolute Gasteiger partial charge is 0.360 e. The summed E-state index contributed by atoms with van der Waals surface area (Å²) in [5.41, 5.74) is 2.96. The summed E-state index contributed by atoms with van der Waals surface area (Å²) in [5.74, 6) is 0.365. The van der Waals surface area contributed by atoms with E-state index in [2.05, 4.69) is 15.8 Å². The number of carbonyl (C=O) groups is 2. The van der Waals surface area contributed by atoms with Gasteiger partial charge in [-0.05, 0) is 18.1 Å². The van der Waals surface area contributed by atoms with E-state index in [0.29, 0.717) is 37.4 Å². The Kier molecular flexibility index (Phi) is 5.79. The van der Waals surface area contributed by atoms with Crippen molar-refractivity contribution in [1.82, 2.24) is 20.7 Å². The number of amides is 3. The number of benzene rings is 2. The summed E-state index contributed by atoms with van der Waals surface area (Å²) in [4.78, 5) is 27.1. The van der Waals surface area contributed by atoms with Crippen LogP contribution in [0.5, 0.6) is 0 Å². The summed E-state index contributed by atoms with van der Waals surface area (Å²) < 4.78 is 5.37. The van der Waals surface area contributed by atoms with Crippen LogP contribution in [0.4, 0.5) is 4.79 Å². The van der Waals surface area contributed by atoms with Crippen molar-refractivity contribution in [2.24, 2.45) is 0 Å². The van der Waals surface area contributed by atoms with Gasteiger partial charge in [0.15, 0.2) is 5.69 Å². The van der Waals surface area contributed by atoms with E-state index in [1.165, 1.54) is 0 Å². The lowest BCUT2D eigenvalue weighted by molar-refractivity contribution is 0.0940. The van der Waals surface area contributed by atoms with Crippen LogP contribution in [-0.4, -0.2) is 28.5 Å². The molecule has 30 heavy (non-hydrogen) atoms. The van der Waals surface area contributed by atoms with Gasteiger partial charge in [0.05, 0.1) is 12.6 Å². The van der Waals surface area contributed by atoms with E-state index in [9.17, 15) is 9.59 Å². The number of nitrogens with one attached hydrogen (secondary N) is 2. The second-order valence-corrected chi connectivity index (χ2v) is 7.35. The van der Waals surface area contributed by atoms with Crippen LogP contribution in [0.1, 0.15) is 45.9 Å². The molecule has 1 unspecified atom stereocenters. The highest BCUT2D eigenvalue weighted by Gasteiger charge is 2.30. The molecular formula is C23H24N4O3. The molecule has 3 aromatic rings. The van der Waals surface area contributed by atoms with Crippen molar-refractivity contribution in [3.63, 3.8) is 0 Å². The number of nitrogens with zero attached hydrogens (tertiary/aromatic N) is 2. The first-order chi connectivity index (χ1) is 14.6. The Morgan fingerprint density at radius 3 is 2.53 bits per heavy atom. The third-order valence-electron chi connectivity index (χ3n) is 5.27. The summed E-state index contributed by atoms with van der Waals surface area (Å²) >= 11 is 0. The van der Waals surface area contributed by atoms with Crippen LogP contribution in [0.15, 0.2) is 65.2 Å². The molecule has 1 atom stereocenters. The molecule has 7 nitrogen and oxygen atoms in total. The normalized spacial score (nSPS) is 14.0. The standard InChI is InChI=1S/C23H24N4O3/c1-16(18-10-6-3-7-11-18)25-23(29)27-13-12-20-19(15-27)21(26-30-20)22(28)24-14-17-8-4-2-5-9-17/h2-11,16H,12-15H2,1H3,(H,24,28)(H,25,29). The molecule has 1 aliphatic rings. The Hall–Kier alpha value is -3.61. The van der Waals surface area contributed by atoms with Gasteiger partial charge in [-0.2, -0.15) is 0 Å². The third-order valence-corrected chi connectivity index (χ3v) is 5.27. The molecule has 7 heteroatoms. The molecule has 154 valence electrons. The van der Waals surface area contributed by atoms with Crippen LogP contribution in [0, 0.1) is 0 Å². The Labute approximate surface area is 175 Å². The Morgan fingerprint density at radius 2 is 1.80 bits per heavy atom. The first-order valence-corrected chi connectivity index (χ1v) is 10.0. The number of carbonyl (C=O) groups excluding carboxylic acids is 2. The van der Waals surface area contributed by atoms with Crippen molar-refractivity contribution in [2.75, 3.05) is 6.54 Å². The molecule has 0 radical (unpaired) electrons. The molecule has 0 aliphatic carbocycles. The Balaban J connectivity index is 1.40. The highest BCUT2D eigenvalue weighted by atomic mass is 16.5. The van der Waals surface area contributed by atoms with E-state index in [0.717, 1.165) is 11.1 Å². The second-order valence-electron chi connectivity index (χ2n) is 7.35. The highest BCUT2D eigenvalue weighted by molar-refractivity contribution is 5.94. The van der Waals surface area contributed by atoms with Crippen molar-refractivity contribution < 1.29 is 14.1 Å². The van der Waals surface area contributed by atoms with E-state index in [1.807, 2.05) is 67.6 Å². The molecule has 2 aromatic carbocycles. The van der Waals surface area contributed by atoms with Gasteiger partial charge in [0.1, 0.15) is 5.76 Å². The summed E-state index contributed by atoms with van der Waals surface area (Å²) in [7, 11) is 0. The van der Waals surface area contributed by atoms with Crippen LogP contribution >= 0.6 is 0 Å². The van der Waals surface area contributed by atoms with Gasteiger partial charge in [0.25, 0.3) is 5.91 Å². The predicted molar refractivity (Wildman–Crippen MR) is 112 cm³/mol. The molecule has 2 N–H and O–H groups in total. The Morgan fingerprint density at radius 1 is 1.10 bits per heavy atom. The third kappa shape index (κ3) is 4.35. The topological polar surface area (TPSA) is 87.5 Å². The molecule has 0 bridgehead atoms. The monoisotopic (exact) mass is 404 g/mol. The number of hydrogen-bond acceptors (Lipinski definition) is 4. The van der Waals surface area contributed by atoms with Crippen LogP contribution < -0.4 is 10.6 Å². The number of fused-ring (bicyclic) bond motifs is 1. The smallest absolute Gasteiger partial charge is 0.318 e. The first-order valence-electron chi connectivity index (χ1n) is 10.0. The van der Waals surface area contributed by atoms with Crippen molar-refractivity contribution in [1.29, 1.82) is 0 Å². The van der Waals surface area contributed by atoms with Crippen LogP contribution in [-0.2, 0) is 19.5 Å². The molecular weight excluding hydrogens is 380 g/mol. The van der Waals surface area contributed by atoms with Crippen LogP contribution in [0.25, 0.3) is 0 Å². The number of urea groups is 1. The molecule has 1 aliphatic heterocycles. The lowest BCUT2D eigenvalue weighted by atomic mass is 10.1. The van der Waals surface area contributed by atoms with E-state index in [1.54, 1.807) is 4.90 Å². The highest BCUT2D eigenvalue weighted by Crippen LogP contribution is 2.23. The Bertz CT molecular complexity index is 1020. The van der Waals surface area contributed by atoms with Crippen molar-refractivity contribution >= 4 is 11.9 Å². The maximum absolute atomic E-state index is 12.8. The van der Waals surface area contributed by atoms with E-state index in [-0.39, 0.29) is 23.7 Å². The van der Waals surface area contributed by atoms with Gasteiger partial charge in [0, 0.05) is 25.1 Å². The lowest BCUT2D eigenvalue weighted by Gasteiger charge is -2.28. The van der Waals surface area contributed by atoms with Crippen molar-refractivity contribution in [3.8, 4) is 0 Å². The fourth-order valence-electron chi connectivity index (χ4n) is 3.52. The zero-order valence-electron chi connectivity index (χ0n) is 16.8. The number of hydrogen-bond donors (Lipinski definition) is 2. The summed E-state index contributed by atoms with van der Waals surface area (Å²) in [6.45, 7) is 3.16. The molecule has 4 rings (SSSR count). The lowest BCUT2D eigenvalue weighted by Crippen LogP contribution is -2.43. The minimum absolute atomic E-state index is 0.115. The summed E-state index contributed by atoms with van der Waals surface area (Å²) in [6, 6.07) is 19.2. The van der Waals surface area contributed by atoms with E-state index >= 15 is 0 Å². The van der Waals surface area contributed by atoms with Crippen LogP contribution in [0.2, 0.25) is 0 Å². The maximum atomic E-state index is 12.8. The van der Waals surface area contributed by atoms with Crippen molar-refractivity contribution in [2.45, 2.75) is 32.5 Å². The second kappa shape index (κ2) is 8.82. The van der Waals surface area contributed by atoms with Gasteiger partial charge in [-0.3, -0.25) is 4.79 Å². The zero-order valence-corrected chi connectivity index (χ0v) is 16.8. The average molecular weight is 404 g/mol. The fraction of sp³-hybridized carbons (Fsp3) is 0.261. The van der Waals surface area contributed by atoms with Gasteiger partial charge in [-0.25, -0.2) is 4.79 Å². The number of rotatable bonds is 5. The minimum atomic E-state index is -0.302. The summed E-state index contributed by atoms with van der Waals surface area (Å²) in [5, 5.41) is 9.86. The van der Waals surface area contributed by atoms with Gasteiger partial charge in [0.2, 0.25) is 0 Å². The SMILES string of the molecule is CC(NC(=O)N1CCc2onc(C(=O)NCc3ccccc3)c2C1)c1ccccc1. The van der Waals surface area contributed by atoms with Gasteiger partial charge in [-0.1, -0.05) is 65.8 Å². The van der Waals surface area contributed by atoms with Crippen molar-refractivity contribution in [3.05, 3.63) is 88.8 Å². The predicted octanol–water partition coefficient (Wildman–Crippen LogP) is 3.43. The van der Waals surface area contributed by atoms with E-state index in [4.69, 9.17) is 4.52 Å². The zero-order chi connectivity index (χ0) is 20.9.